The lowest BCUT2D eigenvalue weighted by atomic mass is 9.96. The Morgan fingerprint density at radius 1 is 0.573 bits per heavy atom. The summed E-state index contributed by atoms with van der Waals surface area (Å²) in [5.74, 6) is -10.9. The van der Waals surface area contributed by atoms with Crippen LogP contribution in [0.1, 0.15) is 164 Å². The number of benzene rings is 1. The van der Waals surface area contributed by atoms with E-state index in [0.717, 1.165) is 0 Å². The number of thioether (sulfide) groups is 1. The van der Waals surface area contributed by atoms with Gasteiger partial charge in [-0.1, -0.05) is 80.4 Å². The fourth-order valence-corrected chi connectivity index (χ4v) is 11.9. The van der Waals surface area contributed by atoms with E-state index >= 15 is 0 Å². The number of rotatable bonds is 43. The lowest BCUT2D eigenvalue weighted by Gasteiger charge is -2.32. The van der Waals surface area contributed by atoms with Crippen molar-refractivity contribution >= 4 is 88.7 Å². The Kier molecular flexibility index (Phi) is 36.1. The Balaban J connectivity index is 1.96. The molecular weight excluding hydrogens is 1260 g/mol. The summed E-state index contributed by atoms with van der Waals surface area (Å²) in [5, 5.41) is 51.7. The number of nitrogens with one attached hydrogen (secondary N) is 8. The molecule has 0 unspecified atom stereocenters. The lowest BCUT2D eigenvalue weighted by Crippen LogP contribution is -2.61. The van der Waals surface area contributed by atoms with Gasteiger partial charge in [-0.15, -0.1) is 0 Å². The van der Waals surface area contributed by atoms with Crippen LogP contribution < -0.4 is 65.5 Å². The SMILES string of the molecule is CC[C@H](C)[C@H](NC(=O)[C@@H](N)CC(C)C)C(=O)N[C@@H](CCCN=C(N)N)C(=O)N1CCC[C@H]1C(=O)N[C@@H](Cc1ccc(O)cc1)C(=O)N[C@@H](CCSC)C(=O)N[C@@H](CCC(=O)O)C(=O)N1CCC[C@H]1C(=O)N[C@H](C(=O)N[C@@H](CC(C)C)C(=O)N[C@@H](CCCCN)C(=O)O)[C@@H](C)CC. The standard InChI is InChI=1S/C65H109N15O15S/c1-10-38(7)52(77-54(84)42(67)33-36(3)4)60(90)73-44(18-14-29-70-65(68)69)62(92)79-30-15-19-49(79)58(88)75-48(35-40-21-23-41(81)24-22-40)57(87)71-43(27-32-96-9)55(85)72-45(25-26-51(82)83)63(93)80-31-16-20-50(80)59(89)78-53(39(8)11-2)61(91)76-47(34-37(5)6)56(86)74-46(64(94)95)17-12-13-28-66/h21-24,36-39,42-50,52-53,81H,10-20,25-35,66-67H2,1-9H3,(H,71,87)(H,72,85)(H,73,90)(H,74,86)(H,75,88)(H,76,91)(H,77,84)(H,78,89)(H,82,83)(H,94,95)(H4,68,69,70)/t38-,39-,42-,43-,44-,45-,46-,47-,48-,49-,50-,52-,53-/m0/s1. The molecule has 0 saturated carbocycles. The van der Waals surface area contributed by atoms with Gasteiger partial charge >= 0.3 is 11.9 Å². The average molecular weight is 1370 g/mol. The summed E-state index contributed by atoms with van der Waals surface area (Å²) in [5.41, 5.74) is 23.4. The fraction of sp³-hybridized carbons (Fsp3) is 0.708. The zero-order valence-electron chi connectivity index (χ0n) is 57.3. The second kappa shape index (κ2) is 42.0. The van der Waals surface area contributed by atoms with Crippen LogP contribution >= 0.6 is 11.8 Å². The molecule has 2 aliphatic heterocycles. The number of phenolic OH excluding ortho intramolecular Hbond substituents is 1. The van der Waals surface area contributed by atoms with Gasteiger partial charge in [-0.3, -0.25) is 57.7 Å². The normalized spacial score (nSPS) is 18.0. The van der Waals surface area contributed by atoms with Gasteiger partial charge in [0.2, 0.25) is 59.1 Å². The van der Waals surface area contributed by atoms with Gasteiger partial charge in [-0.2, -0.15) is 11.8 Å². The van der Waals surface area contributed by atoms with Crippen LogP contribution in [0.4, 0.5) is 0 Å². The number of nitrogens with zero attached hydrogens (tertiary/aromatic N) is 3. The fourth-order valence-electron chi connectivity index (χ4n) is 11.5. The molecule has 540 valence electrons. The highest BCUT2D eigenvalue weighted by atomic mass is 32.2. The molecule has 2 aliphatic rings. The molecule has 10 amide bonds. The molecule has 2 fully saturated rings. The number of carboxylic acid groups (broad SMARTS) is 2. The minimum absolute atomic E-state index is 0.000161. The minimum Gasteiger partial charge on any atom is -0.508 e. The van der Waals surface area contributed by atoms with E-state index in [4.69, 9.17) is 22.9 Å². The van der Waals surface area contributed by atoms with Crippen LogP contribution in [0.5, 0.6) is 5.75 Å². The number of guanidine groups is 1. The van der Waals surface area contributed by atoms with E-state index in [-0.39, 0.29) is 100 Å². The molecule has 2 heterocycles. The first-order valence-corrected chi connectivity index (χ1v) is 35.0. The highest BCUT2D eigenvalue weighted by Crippen LogP contribution is 2.24. The predicted octanol–water partition coefficient (Wildman–Crippen LogP) is 0.192. The molecule has 31 heteroatoms. The number of amides is 10. The Bertz CT molecular complexity index is 2790. The second-order valence-electron chi connectivity index (χ2n) is 26.0. The number of phenols is 1. The average Bonchev–Trinajstić information content (AvgIpc) is 1.59. The number of carboxylic acids is 2. The number of nitrogens with two attached hydrogens (primary N) is 4. The second-order valence-corrected chi connectivity index (χ2v) is 27.0. The summed E-state index contributed by atoms with van der Waals surface area (Å²) in [6.07, 6.45) is 4.02. The highest BCUT2D eigenvalue weighted by Gasteiger charge is 2.43. The first-order chi connectivity index (χ1) is 45.4. The number of carbonyl (C=O) groups is 12. The van der Waals surface area contributed by atoms with E-state index in [0.29, 0.717) is 57.1 Å². The molecule has 30 nitrogen and oxygen atoms in total. The Labute approximate surface area is 568 Å². The molecule has 19 N–H and O–H groups in total. The summed E-state index contributed by atoms with van der Waals surface area (Å²) in [7, 11) is 0. The van der Waals surface area contributed by atoms with E-state index in [2.05, 4.69) is 47.5 Å². The van der Waals surface area contributed by atoms with Crippen LogP contribution in [0.3, 0.4) is 0 Å². The molecular formula is C65H109N15O15S. The highest BCUT2D eigenvalue weighted by molar-refractivity contribution is 7.98. The van der Waals surface area contributed by atoms with Crippen molar-refractivity contribution in [2.24, 2.45) is 51.6 Å². The van der Waals surface area contributed by atoms with Crippen LogP contribution in [-0.4, -0.2) is 207 Å². The lowest BCUT2D eigenvalue weighted by molar-refractivity contribution is -0.144. The molecule has 13 atom stereocenters. The number of likely N-dealkylation sites (tertiary alicyclic amines) is 2. The maximum atomic E-state index is 14.8. The molecule has 0 aliphatic carbocycles. The van der Waals surface area contributed by atoms with Crippen molar-refractivity contribution in [3.05, 3.63) is 29.8 Å². The summed E-state index contributed by atoms with van der Waals surface area (Å²) >= 11 is 1.33. The third-order valence-electron chi connectivity index (χ3n) is 17.3. The van der Waals surface area contributed by atoms with Crippen molar-refractivity contribution in [3.8, 4) is 5.75 Å². The van der Waals surface area contributed by atoms with Gasteiger partial charge in [0.15, 0.2) is 5.96 Å². The quantitative estimate of drug-likeness (QED) is 0.0236. The van der Waals surface area contributed by atoms with E-state index in [1.807, 2.05) is 34.6 Å². The largest absolute Gasteiger partial charge is 0.508 e. The topological polar surface area (TPSA) is 485 Å². The summed E-state index contributed by atoms with van der Waals surface area (Å²) < 4.78 is 0. The van der Waals surface area contributed by atoms with Crippen LogP contribution in [-0.2, 0) is 64.0 Å². The molecule has 0 radical (unpaired) electrons. The number of hydrogen-bond acceptors (Lipinski definition) is 17. The molecule has 0 spiro atoms. The number of carbonyl (C=O) groups excluding carboxylic acids is 10. The molecule has 0 aromatic heterocycles. The smallest absolute Gasteiger partial charge is 0.326 e. The first kappa shape index (κ1) is 82.4. The van der Waals surface area contributed by atoms with E-state index in [1.165, 1.54) is 45.8 Å². The number of aliphatic carboxylic acids is 2. The third-order valence-corrected chi connectivity index (χ3v) is 17.9. The van der Waals surface area contributed by atoms with Crippen molar-refractivity contribution in [1.29, 1.82) is 0 Å². The van der Waals surface area contributed by atoms with Crippen molar-refractivity contribution < 1.29 is 72.9 Å². The van der Waals surface area contributed by atoms with Gasteiger partial charge < -0.3 is 90.6 Å². The number of aromatic hydroxyl groups is 1. The van der Waals surface area contributed by atoms with Crippen LogP contribution in [0.15, 0.2) is 29.3 Å². The van der Waals surface area contributed by atoms with Crippen LogP contribution in [0.25, 0.3) is 0 Å². The van der Waals surface area contributed by atoms with Crippen LogP contribution in [0.2, 0.25) is 0 Å². The minimum atomic E-state index is -1.56. The van der Waals surface area contributed by atoms with E-state index in [9.17, 15) is 72.9 Å². The summed E-state index contributed by atoms with van der Waals surface area (Å²) in [6, 6.07) is -7.90. The molecule has 1 aromatic rings. The van der Waals surface area contributed by atoms with Crippen LogP contribution in [0, 0.1) is 23.7 Å². The zero-order chi connectivity index (χ0) is 71.9. The number of unbranched alkanes of at least 4 members (excludes halogenated alkanes) is 1. The van der Waals surface area contributed by atoms with Crippen molar-refractivity contribution in [1.82, 2.24) is 52.3 Å². The monoisotopic (exact) mass is 1370 g/mol. The van der Waals surface area contributed by atoms with Gasteiger partial charge in [0.05, 0.1) is 6.04 Å². The molecule has 2 saturated heterocycles. The van der Waals surface area contributed by atoms with Gasteiger partial charge in [0.1, 0.15) is 66.2 Å². The first-order valence-electron chi connectivity index (χ1n) is 33.6. The van der Waals surface area contributed by atoms with Crippen molar-refractivity contribution in [2.45, 2.75) is 231 Å². The van der Waals surface area contributed by atoms with Gasteiger partial charge in [0, 0.05) is 32.5 Å². The number of aliphatic imine (C=N–C) groups is 1. The number of hydrogen-bond donors (Lipinski definition) is 15. The molecule has 0 bridgehead atoms. The molecule has 1 aromatic carbocycles. The van der Waals surface area contributed by atoms with E-state index in [1.54, 1.807) is 27.0 Å². The molecule has 3 rings (SSSR count). The maximum Gasteiger partial charge on any atom is 0.326 e. The van der Waals surface area contributed by atoms with Crippen molar-refractivity contribution in [2.75, 3.05) is 38.2 Å². The predicted molar refractivity (Wildman–Crippen MR) is 363 cm³/mol. The summed E-state index contributed by atoms with van der Waals surface area (Å²) in [6.45, 7) is 15.1. The zero-order valence-corrected chi connectivity index (χ0v) is 58.1. The Morgan fingerprint density at radius 2 is 1.05 bits per heavy atom. The van der Waals surface area contributed by atoms with Gasteiger partial charge in [-0.25, -0.2) is 4.79 Å². The van der Waals surface area contributed by atoms with Crippen molar-refractivity contribution in [3.63, 3.8) is 0 Å². The third kappa shape index (κ3) is 27.4. The van der Waals surface area contributed by atoms with Gasteiger partial charge in [-0.05, 0) is 143 Å². The summed E-state index contributed by atoms with van der Waals surface area (Å²) in [4.78, 5) is 174. The Hall–Kier alpha value is -7.80. The maximum absolute atomic E-state index is 14.8. The van der Waals surface area contributed by atoms with E-state index < -0.39 is 162 Å². The van der Waals surface area contributed by atoms with Gasteiger partial charge in [0.25, 0.3) is 0 Å². The Morgan fingerprint density at radius 3 is 1.56 bits per heavy atom. The molecule has 96 heavy (non-hydrogen) atoms.